The molecular weight excluding hydrogens is 330 g/mol. The van der Waals surface area contributed by atoms with E-state index in [2.05, 4.69) is 19.2 Å². The highest BCUT2D eigenvalue weighted by Crippen LogP contribution is 2.11. The Morgan fingerprint density at radius 2 is 1.50 bits per heavy atom. The monoisotopic (exact) mass is 355 g/mol. The predicted molar refractivity (Wildman–Crippen MR) is 99.9 cm³/mol. The second-order valence-corrected chi connectivity index (χ2v) is 6.72. The lowest BCUT2D eigenvalue weighted by Crippen LogP contribution is -2.42. The Morgan fingerprint density at radius 1 is 0.923 bits per heavy atom. The van der Waals surface area contributed by atoms with Gasteiger partial charge in [-0.2, -0.15) is 0 Å². The van der Waals surface area contributed by atoms with Crippen molar-refractivity contribution in [2.45, 2.75) is 39.3 Å². The summed E-state index contributed by atoms with van der Waals surface area (Å²) in [6.45, 7) is 4.40. The molecule has 0 saturated carbocycles. The van der Waals surface area contributed by atoms with Crippen LogP contribution in [-0.2, 0) is 29.0 Å². The standard InChI is InChI=1S/C21H25NO4/c1-15(2)12-16-8-10-17(11-9-16)13-19(20(23)24)22-21(25)26-14-18-6-4-3-5-7-18/h3-11,15,19H,12-14H2,1-2H3,(H,22,25)(H,23,24). The van der Waals surface area contributed by atoms with Gasteiger partial charge < -0.3 is 15.2 Å². The second kappa shape index (κ2) is 9.61. The summed E-state index contributed by atoms with van der Waals surface area (Å²) in [6.07, 6.45) is 0.447. The smallest absolute Gasteiger partial charge is 0.408 e. The number of amides is 1. The number of carbonyl (C=O) groups excluding carboxylic acids is 1. The summed E-state index contributed by atoms with van der Waals surface area (Å²) in [5.41, 5.74) is 2.91. The van der Waals surface area contributed by atoms with E-state index in [0.717, 1.165) is 17.5 Å². The van der Waals surface area contributed by atoms with Crippen LogP contribution in [-0.4, -0.2) is 23.2 Å². The van der Waals surface area contributed by atoms with Crippen LogP contribution in [0, 0.1) is 5.92 Å². The minimum Gasteiger partial charge on any atom is -0.480 e. The van der Waals surface area contributed by atoms with E-state index in [1.165, 1.54) is 5.56 Å². The van der Waals surface area contributed by atoms with Gasteiger partial charge in [0, 0.05) is 6.42 Å². The minimum absolute atomic E-state index is 0.100. The van der Waals surface area contributed by atoms with Gasteiger partial charge in [-0.05, 0) is 29.0 Å². The van der Waals surface area contributed by atoms with Crippen molar-refractivity contribution in [2.75, 3.05) is 0 Å². The highest BCUT2D eigenvalue weighted by molar-refractivity contribution is 5.80. The maximum absolute atomic E-state index is 11.9. The van der Waals surface area contributed by atoms with Crippen molar-refractivity contribution in [3.63, 3.8) is 0 Å². The number of nitrogens with one attached hydrogen (secondary N) is 1. The Hall–Kier alpha value is -2.82. The molecule has 2 N–H and O–H groups in total. The first-order chi connectivity index (χ1) is 12.4. The Bertz CT molecular complexity index is 711. The van der Waals surface area contributed by atoms with E-state index in [-0.39, 0.29) is 13.0 Å². The number of ether oxygens (including phenoxy) is 1. The van der Waals surface area contributed by atoms with Crippen LogP contribution in [0.15, 0.2) is 54.6 Å². The number of carboxylic acids is 1. The zero-order chi connectivity index (χ0) is 18.9. The van der Waals surface area contributed by atoms with Crippen molar-refractivity contribution < 1.29 is 19.4 Å². The van der Waals surface area contributed by atoms with Crippen LogP contribution in [0.2, 0.25) is 0 Å². The molecule has 26 heavy (non-hydrogen) atoms. The number of benzene rings is 2. The summed E-state index contributed by atoms with van der Waals surface area (Å²) in [6, 6.07) is 16.0. The van der Waals surface area contributed by atoms with Crippen LogP contribution in [0.4, 0.5) is 4.79 Å². The number of alkyl carbamates (subject to hydrolysis) is 1. The minimum atomic E-state index is -1.09. The van der Waals surface area contributed by atoms with Gasteiger partial charge in [0.05, 0.1) is 0 Å². The molecule has 0 radical (unpaired) electrons. The lowest BCUT2D eigenvalue weighted by atomic mass is 9.99. The molecular formula is C21H25NO4. The van der Waals surface area contributed by atoms with Gasteiger partial charge in [-0.3, -0.25) is 0 Å². The summed E-state index contributed by atoms with van der Waals surface area (Å²) >= 11 is 0. The molecule has 138 valence electrons. The number of rotatable bonds is 8. The van der Waals surface area contributed by atoms with Crippen LogP contribution in [0.25, 0.3) is 0 Å². The van der Waals surface area contributed by atoms with Gasteiger partial charge in [-0.25, -0.2) is 9.59 Å². The third-order valence-corrected chi connectivity index (χ3v) is 3.91. The topological polar surface area (TPSA) is 75.6 Å². The van der Waals surface area contributed by atoms with Gasteiger partial charge in [0.1, 0.15) is 12.6 Å². The number of hydrogen-bond acceptors (Lipinski definition) is 3. The largest absolute Gasteiger partial charge is 0.480 e. The SMILES string of the molecule is CC(C)Cc1ccc(CC(NC(=O)OCc2ccccc2)C(=O)O)cc1. The normalized spacial score (nSPS) is 11.8. The molecule has 0 saturated heterocycles. The number of aliphatic carboxylic acids is 1. The van der Waals surface area contributed by atoms with Crippen molar-refractivity contribution in [2.24, 2.45) is 5.92 Å². The molecule has 0 aromatic heterocycles. The van der Waals surface area contributed by atoms with Crippen LogP contribution in [0.1, 0.15) is 30.5 Å². The Morgan fingerprint density at radius 3 is 2.04 bits per heavy atom. The first kappa shape index (κ1) is 19.5. The zero-order valence-electron chi connectivity index (χ0n) is 15.1. The first-order valence-corrected chi connectivity index (χ1v) is 8.72. The molecule has 0 aliphatic rings. The van der Waals surface area contributed by atoms with Gasteiger partial charge in [-0.1, -0.05) is 68.4 Å². The molecule has 2 aromatic rings. The summed E-state index contributed by atoms with van der Waals surface area (Å²) in [5, 5.41) is 11.8. The first-order valence-electron chi connectivity index (χ1n) is 8.72. The molecule has 0 bridgehead atoms. The maximum Gasteiger partial charge on any atom is 0.408 e. The zero-order valence-corrected chi connectivity index (χ0v) is 15.1. The van der Waals surface area contributed by atoms with Crippen LogP contribution in [0.3, 0.4) is 0 Å². The summed E-state index contributed by atoms with van der Waals surface area (Å²) in [7, 11) is 0. The average Bonchev–Trinajstić information content (AvgIpc) is 2.61. The molecule has 2 rings (SSSR count). The van der Waals surface area contributed by atoms with Crippen LogP contribution >= 0.6 is 0 Å². The lowest BCUT2D eigenvalue weighted by Gasteiger charge is -2.15. The van der Waals surface area contributed by atoms with Crippen LogP contribution in [0.5, 0.6) is 0 Å². The molecule has 1 amide bonds. The molecule has 5 nitrogen and oxygen atoms in total. The number of carbonyl (C=O) groups is 2. The Labute approximate surface area is 154 Å². The van der Waals surface area contributed by atoms with Crippen molar-refractivity contribution in [3.05, 3.63) is 71.3 Å². The van der Waals surface area contributed by atoms with Crippen molar-refractivity contribution in [3.8, 4) is 0 Å². The van der Waals surface area contributed by atoms with E-state index < -0.39 is 18.1 Å². The third-order valence-electron chi connectivity index (χ3n) is 3.91. The molecule has 1 unspecified atom stereocenters. The lowest BCUT2D eigenvalue weighted by molar-refractivity contribution is -0.139. The van der Waals surface area contributed by atoms with E-state index in [0.29, 0.717) is 5.92 Å². The molecule has 0 aliphatic carbocycles. The average molecular weight is 355 g/mol. The number of hydrogen-bond donors (Lipinski definition) is 2. The fourth-order valence-corrected chi connectivity index (χ4v) is 2.63. The Balaban J connectivity index is 1.89. The summed E-state index contributed by atoms with van der Waals surface area (Å²) in [5.74, 6) is -0.526. The quantitative estimate of drug-likeness (QED) is 0.755. The van der Waals surface area contributed by atoms with E-state index in [9.17, 15) is 14.7 Å². The van der Waals surface area contributed by atoms with Crippen LogP contribution < -0.4 is 5.32 Å². The predicted octanol–water partition coefficient (Wildman–Crippen LogP) is 3.81. The van der Waals surface area contributed by atoms with Gasteiger partial charge in [0.25, 0.3) is 0 Å². The van der Waals surface area contributed by atoms with Gasteiger partial charge >= 0.3 is 12.1 Å². The van der Waals surface area contributed by atoms with E-state index >= 15 is 0 Å². The van der Waals surface area contributed by atoms with Gasteiger partial charge in [-0.15, -0.1) is 0 Å². The third kappa shape index (κ3) is 6.59. The summed E-state index contributed by atoms with van der Waals surface area (Å²) < 4.78 is 5.10. The second-order valence-electron chi connectivity index (χ2n) is 6.72. The van der Waals surface area contributed by atoms with Crippen molar-refractivity contribution in [1.29, 1.82) is 0 Å². The van der Waals surface area contributed by atoms with E-state index in [1.807, 2.05) is 54.6 Å². The fourth-order valence-electron chi connectivity index (χ4n) is 2.63. The molecule has 5 heteroatoms. The van der Waals surface area contributed by atoms with Crippen molar-refractivity contribution >= 4 is 12.1 Å². The Kier molecular flexibility index (Phi) is 7.21. The highest BCUT2D eigenvalue weighted by Gasteiger charge is 2.21. The fraction of sp³-hybridized carbons (Fsp3) is 0.333. The molecule has 0 fully saturated rings. The maximum atomic E-state index is 11.9. The molecule has 2 aromatic carbocycles. The van der Waals surface area contributed by atoms with E-state index in [4.69, 9.17) is 4.74 Å². The number of carboxylic acid groups (broad SMARTS) is 1. The van der Waals surface area contributed by atoms with Gasteiger partial charge in [0.2, 0.25) is 0 Å². The summed E-state index contributed by atoms with van der Waals surface area (Å²) in [4.78, 5) is 23.4. The highest BCUT2D eigenvalue weighted by atomic mass is 16.5. The molecule has 0 heterocycles. The molecule has 0 aliphatic heterocycles. The molecule has 0 spiro atoms. The van der Waals surface area contributed by atoms with Gasteiger partial charge in [0.15, 0.2) is 0 Å². The van der Waals surface area contributed by atoms with E-state index in [1.54, 1.807) is 0 Å². The molecule has 1 atom stereocenters. The van der Waals surface area contributed by atoms with Crippen molar-refractivity contribution in [1.82, 2.24) is 5.32 Å².